The van der Waals surface area contributed by atoms with Crippen molar-refractivity contribution in [2.24, 2.45) is 0 Å². The Bertz CT molecular complexity index is 416. The molecule has 19 heavy (non-hydrogen) atoms. The number of thioether (sulfide) groups is 1. The van der Waals surface area contributed by atoms with E-state index >= 15 is 0 Å². The first-order valence-corrected chi connectivity index (χ1v) is 8.53. The van der Waals surface area contributed by atoms with Crippen molar-refractivity contribution in [2.45, 2.75) is 56.0 Å². The lowest BCUT2D eigenvalue weighted by Gasteiger charge is -2.13. The molecule has 1 amide bonds. The fourth-order valence-corrected chi connectivity index (χ4v) is 3.26. The number of rotatable bonds is 8. The Morgan fingerprint density at radius 2 is 2.16 bits per heavy atom. The first kappa shape index (κ1) is 14.6. The first-order chi connectivity index (χ1) is 9.21. The highest BCUT2D eigenvalue weighted by molar-refractivity contribution is 8.01. The summed E-state index contributed by atoms with van der Waals surface area (Å²) < 4.78 is 0.850. The van der Waals surface area contributed by atoms with Gasteiger partial charge in [0.15, 0.2) is 4.34 Å². The molecule has 1 saturated carbocycles. The van der Waals surface area contributed by atoms with E-state index in [4.69, 9.17) is 0 Å². The van der Waals surface area contributed by atoms with E-state index in [9.17, 15) is 4.79 Å². The standard InChI is InChI=1S/C12H20N4OS2/c1-3-8(4-2)13-10(17)7-18-12-16-15-11(19-12)14-9-5-6-9/h8-9H,3-7H2,1-2H3,(H,13,17)(H,14,15). The molecule has 2 N–H and O–H groups in total. The number of hydrogen-bond acceptors (Lipinski definition) is 6. The normalized spacial score (nSPS) is 14.7. The fraction of sp³-hybridized carbons (Fsp3) is 0.750. The molecular formula is C12H20N4OS2. The van der Waals surface area contributed by atoms with Crippen LogP contribution in [0.3, 0.4) is 0 Å². The van der Waals surface area contributed by atoms with Gasteiger partial charge in [0.1, 0.15) is 0 Å². The van der Waals surface area contributed by atoms with E-state index in [0.717, 1.165) is 22.3 Å². The van der Waals surface area contributed by atoms with Gasteiger partial charge in [-0.15, -0.1) is 10.2 Å². The lowest BCUT2D eigenvalue weighted by Crippen LogP contribution is -2.34. The summed E-state index contributed by atoms with van der Waals surface area (Å²) in [6.07, 6.45) is 4.39. The van der Waals surface area contributed by atoms with E-state index in [0.29, 0.717) is 11.8 Å². The number of hydrogen-bond donors (Lipinski definition) is 2. The van der Waals surface area contributed by atoms with Crippen LogP contribution >= 0.6 is 23.1 Å². The highest BCUT2D eigenvalue weighted by Gasteiger charge is 2.22. The minimum atomic E-state index is 0.0746. The number of nitrogens with one attached hydrogen (secondary N) is 2. The second-order valence-corrected chi connectivity index (χ2v) is 6.86. The van der Waals surface area contributed by atoms with E-state index in [2.05, 4.69) is 34.7 Å². The molecule has 1 aliphatic carbocycles. The molecule has 1 heterocycles. The van der Waals surface area contributed by atoms with Crippen LogP contribution in [0.5, 0.6) is 0 Å². The van der Waals surface area contributed by atoms with Gasteiger partial charge in [0, 0.05) is 12.1 Å². The maximum atomic E-state index is 11.7. The summed E-state index contributed by atoms with van der Waals surface area (Å²) in [6, 6.07) is 0.874. The number of carbonyl (C=O) groups excluding carboxylic acids is 1. The summed E-state index contributed by atoms with van der Waals surface area (Å²) in [5, 5.41) is 15.3. The van der Waals surface area contributed by atoms with E-state index in [1.807, 2.05) is 0 Å². The highest BCUT2D eigenvalue weighted by Crippen LogP contribution is 2.30. The van der Waals surface area contributed by atoms with Gasteiger partial charge in [-0.05, 0) is 25.7 Å². The second-order valence-electron chi connectivity index (χ2n) is 4.66. The molecule has 1 aliphatic rings. The van der Waals surface area contributed by atoms with Crippen LogP contribution in [0.1, 0.15) is 39.5 Å². The van der Waals surface area contributed by atoms with Gasteiger partial charge in [-0.25, -0.2) is 0 Å². The second kappa shape index (κ2) is 7.09. The third-order valence-corrected chi connectivity index (χ3v) is 4.98. The molecule has 0 spiro atoms. The van der Waals surface area contributed by atoms with Gasteiger partial charge in [-0.1, -0.05) is 36.9 Å². The van der Waals surface area contributed by atoms with Gasteiger partial charge < -0.3 is 10.6 Å². The Morgan fingerprint density at radius 1 is 1.42 bits per heavy atom. The lowest BCUT2D eigenvalue weighted by molar-refractivity contribution is -0.119. The zero-order chi connectivity index (χ0) is 13.7. The van der Waals surface area contributed by atoms with Crippen LogP contribution in [0, 0.1) is 0 Å². The summed E-state index contributed by atoms with van der Waals surface area (Å²) in [5.74, 6) is 0.486. The number of anilines is 1. The number of nitrogens with zero attached hydrogens (tertiary/aromatic N) is 2. The van der Waals surface area contributed by atoms with Crippen molar-refractivity contribution in [1.29, 1.82) is 0 Å². The third kappa shape index (κ3) is 4.99. The summed E-state index contributed by atoms with van der Waals surface area (Å²) in [7, 11) is 0. The summed E-state index contributed by atoms with van der Waals surface area (Å²) in [5.41, 5.74) is 0. The number of carbonyl (C=O) groups is 1. The van der Waals surface area contributed by atoms with Crippen LogP contribution in [0.4, 0.5) is 5.13 Å². The zero-order valence-corrected chi connectivity index (χ0v) is 12.9. The minimum absolute atomic E-state index is 0.0746. The Balaban J connectivity index is 1.71. The lowest BCUT2D eigenvalue weighted by atomic mass is 10.2. The predicted octanol–water partition coefficient (Wildman–Crippen LogP) is 2.51. The average Bonchev–Trinajstić information content (AvgIpc) is 3.11. The average molecular weight is 300 g/mol. The Labute approximate surface area is 122 Å². The summed E-state index contributed by atoms with van der Waals surface area (Å²) >= 11 is 2.98. The van der Waals surface area contributed by atoms with Crippen LogP contribution < -0.4 is 10.6 Å². The Kier molecular flexibility index (Phi) is 5.45. The molecule has 0 radical (unpaired) electrons. The van der Waals surface area contributed by atoms with Gasteiger partial charge in [0.05, 0.1) is 5.75 Å². The minimum Gasteiger partial charge on any atom is -0.357 e. The molecule has 0 aromatic carbocycles. The quantitative estimate of drug-likeness (QED) is 0.722. The van der Waals surface area contributed by atoms with Crippen molar-refractivity contribution < 1.29 is 4.79 Å². The molecule has 0 atom stereocenters. The molecule has 2 rings (SSSR count). The SMILES string of the molecule is CCC(CC)NC(=O)CSc1nnc(NC2CC2)s1. The molecule has 5 nitrogen and oxygen atoms in total. The Morgan fingerprint density at radius 3 is 2.79 bits per heavy atom. The van der Waals surface area contributed by atoms with Crippen molar-refractivity contribution in [3.05, 3.63) is 0 Å². The summed E-state index contributed by atoms with van der Waals surface area (Å²) in [6.45, 7) is 4.17. The molecular weight excluding hydrogens is 280 g/mol. The van der Waals surface area contributed by atoms with E-state index in [-0.39, 0.29) is 11.9 Å². The van der Waals surface area contributed by atoms with Crippen LogP contribution in [0.25, 0.3) is 0 Å². The molecule has 0 unspecified atom stereocenters. The van der Waals surface area contributed by atoms with Gasteiger partial charge in [-0.2, -0.15) is 0 Å². The van der Waals surface area contributed by atoms with Crippen molar-refractivity contribution in [3.8, 4) is 0 Å². The van der Waals surface area contributed by atoms with Gasteiger partial charge >= 0.3 is 0 Å². The zero-order valence-electron chi connectivity index (χ0n) is 11.3. The maximum Gasteiger partial charge on any atom is 0.230 e. The molecule has 106 valence electrons. The van der Waals surface area contributed by atoms with Crippen LogP contribution in [-0.4, -0.2) is 33.9 Å². The fourth-order valence-electron chi connectivity index (χ4n) is 1.62. The van der Waals surface area contributed by atoms with Crippen molar-refractivity contribution in [2.75, 3.05) is 11.1 Å². The van der Waals surface area contributed by atoms with Gasteiger partial charge in [0.25, 0.3) is 0 Å². The topological polar surface area (TPSA) is 66.9 Å². The van der Waals surface area contributed by atoms with Crippen molar-refractivity contribution in [3.63, 3.8) is 0 Å². The molecule has 0 saturated heterocycles. The van der Waals surface area contributed by atoms with E-state index < -0.39 is 0 Å². The van der Waals surface area contributed by atoms with Gasteiger partial charge in [-0.3, -0.25) is 4.79 Å². The van der Waals surface area contributed by atoms with Crippen LogP contribution in [0.2, 0.25) is 0 Å². The third-order valence-electron chi connectivity index (χ3n) is 2.99. The van der Waals surface area contributed by atoms with Crippen LogP contribution in [0.15, 0.2) is 4.34 Å². The largest absolute Gasteiger partial charge is 0.357 e. The smallest absolute Gasteiger partial charge is 0.230 e. The van der Waals surface area contributed by atoms with Crippen LogP contribution in [-0.2, 0) is 4.79 Å². The summed E-state index contributed by atoms with van der Waals surface area (Å²) in [4.78, 5) is 11.7. The molecule has 7 heteroatoms. The van der Waals surface area contributed by atoms with E-state index in [1.54, 1.807) is 0 Å². The van der Waals surface area contributed by atoms with Crippen molar-refractivity contribution >= 4 is 34.1 Å². The first-order valence-electron chi connectivity index (χ1n) is 6.73. The maximum absolute atomic E-state index is 11.7. The van der Waals surface area contributed by atoms with Gasteiger partial charge in [0.2, 0.25) is 11.0 Å². The molecule has 0 aliphatic heterocycles. The van der Waals surface area contributed by atoms with Crippen molar-refractivity contribution in [1.82, 2.24) is 15.5 Å². The monoisotopic (exact) mass is 300 g/mol. The van der Waals surface area contributed by atoms with E-state index in [1.165, 1.54) is 35.9 Å². The molecule has 1 aromatic rings. The number of amides is 1. The molecule has 1 aromatic heterocycles. The molecule has 1 fully saturated rings. The molecule has 0 bridgehead atoms. The highest BCUT2D eigenvalue weighted by atomic mass is 32.2. The predicted molar refractivity (Wildman–Crippen MR) is 79.8 cm³/mol. The number of aromatic nitrogens is 2. The Hall–Kier alpha value is -0.820.